The van der Waals surface area contributed by atoms with Crippen molar-refractivity contribution < 1.29 is 32.2 Å². The average molecular weight is 454 g/mol. The lowest BCUT2D eigenvalue weighted by atomic mass is 9.85. The van der Waals surface area contributed by atoms with Crippen molar-refractivity contribution in [3.63, 3.8) is 0 Å². The van der Waals surface area contributed by atoms with Gasteiger partial charge < -0.3 is 14.8 Å². The zero-order valence-corrected chi connectivity index (χ0v) is 17.5. The molecule has 1 atom stereocenters. The van der Waals surface area contributed by atoms with Crippen molar-refractivity contribution in [2.45, 2.75) is 37.6 Å². The number of alkyl halides is 3. The van der Waals surface area contributed by atoms with E-state index in [2.05, 4.69) is 5.32 Å². The van der Waals surface area contributed by atoms with Crippen LogP contribution in [0.15, 0.2) is 36.4 Å². The number of benzene rings is 2. The SMILES string of the molecule is CC(C)(Oc1ccc(Cl)c(C(F)(F)F)c1)C(=O)c1cccc2c1C(=O)OC21CCNC1. The molecule has 1 spiro atoms. The third-order valence-electron chi connectivity index (χ3n) is 5.57. The number of carbonyl (C=O) groups is 2. The van der Waals surface area contributed by atoms with Gasteiger partial charge in [0.1, 0.15) is 5.75 Å². The number of hydrogen-bond donors (Lipinski definition) is 1. The number of carbonyl (C=O) groups excluding carboxylic acids is 2. The molecule has 1 N–H and O–H groups in total. The summed E-state index contributed by atoms with van der Waals surface area (Å²) < 4.78 is 50.8. The second-order valence-corrected chi connectivity index (χ2v) is 8.53. The largest absolute Gasteiger partial charge is 0.480 e. The molecule has 2 aromatic carbocycles. The van der Waals surface area contributed by atoms with E-state index in [0.29, 0.717) is 25.1 Å². The molecular weight excluding hydrogens is 435 g/mol. The second kappa shape index (κ2) is 7.24. The Hall–Kier alpha value is -2.58. The van der Waals surface area contributed by atoms with Crippen molar-refractivity contribution in [1.82, 2.24) is 5.32 Å². The molecule has 164 valence electrons. The minimum atomic E-state index is -4.67. The Balaban J connectivity index is 1.68. The first-order valence-corrected chi connectivity index (χ1v) is 10.0. The van der Waals surface area contributed by atoms with Gasteiger partial charge in [-0.15, -0.1) is 0 Å². The Morgan fingerprint density at radius 1 is 1.23 bits per heavy atom. The molecule has 0 aliphatic carbocycles. The molecule has 2 heterocycles. The lowest BCUT2D eigenvalue weighted by Crippen LogP contribution is -2.39. The van der Waals surface area contributed by atoms with Crippen LogP contribution in [0.2, 0.25) is 5.02 Å². The highest BCUT2D eigenvalue weighted by Crippen LogP contribution is 2.43. The minimum Gasteiger partial charge on any atom is -0.480 e. The average Bonchev–Trinajstić information content (AvgIpc) is 3.27. The normalized spacial score (nSPS) is 20.6. The van der Waals surface area contributed by atoms with Crippen LogP contribution in [-0.4, -0.2) is 30.4 Å². The molecule has 2 aliphatic rings. The first-order chi connectivity index (χ1) is 14.4. The monoisotopic (exact) mass is 453 g/mol. The maximum Gasteiger partial charge on any atom is 0.417 e. The maximum atomic E-state index is 13.3. The lowest BCUT2D eigenvalue weighted by Gasteiger charge is -2.26. The summed E-state index contributed by atoms with van der Waals surface area (Å²) >= 11 is 5.65. The Bertz CT molecular complexity index is 1070. The van der Waals surface area contributed by atoms with E-state index < -0.39 is 39.7 Å². The van der Waals surface area contributed by atoms with E-state index in [9.17, 15) is 22.8 Å². The number of nitrogens with one attached hydrogen (secondary N) is 1. The first kappa shape index (κ1) is 21.6. The van der Waals surface area contributed by atoms with Crippen LogP contribution in [0.1, 0.15) is 52.1 Å². The Kier molecular flexibility index (Phi) is 5.05. The van der Waals surface area contributed by atoms with Crippen LogP contribution in [0.5, 0.6) is 5.75 Å². The quantitative estimate of drug-likeness (QED) is 0.534. The smallest absolute Gasteiger partial charge is 0.417 e. The van der Waals surface area contributed by atoms with Crippen LogP contribution in [0.25, 0.3) is 0 Å². The number of esters is 1. The lowest BCUT2D eigenvalue weighted by molar-refractivity contribution is -0.137. The third-order valence-corrected chi connectivity index (χ3v) is 5.90. The van der Waals surface area contributed by atoms with Gasteiger partial charge in [-0.1, -0.05) is 29.8 Å². The highest BCUT2D eigenvalue weighted by molar-refractivity contribution is 6.31. The molecule has 4 rings (SSSR count). The number of ketones is 1. The number of halogens is 4. The van der Waals surface area contributed by atoms with E-state index in [1.165, 1.54) is 26.0 Å². The van der Waals surface area contributed by atoms with E-state index in [1.54, 1.807) is 12.1 Å². The molecule has 31 heavy (non-hydrogen) atoms. The summed E-state index contributed by atoms with van der Waals surface area (Å²) in [5, 5.41) is 2.69. The molecule has 1 unspecified atom stereocenters. The van der Waals surface area contributed by atoms with Crippen LogP contribution >= 0.6 is 11.6 Å². The van der Waals surface area contributed by atoms with Gasteiger partial charge in [0.25, 0.3) is 0 Å². The molecule has 0 amide bonds. The molecule has 2 aliphatic heterocycles. The molecule has 0 aromatic heterocycles. The van der Waals surface area contributed by atoms with Crippen molar-refractivity contribution in [2.75, 3.05) is 13.1 Å². The summed E-state index contributed by atoms with van der Waals surface area (Å²) in [6.07, 6.45) is -4.08. The second-order valence-electron chi connectivity index (χ2n) is 8.12. The van der Waals surface area contributed by atoms with Gasteiger partial charge in [-0.3, -0.25) is 4.79 Å². The fraction of sp³-hybridized carbons (Fsp3) is 0.364. The van der Waals surface area contributed by atoms with E-state index in [4.69, 9.17) is 21.1 Å². The fourth-order valence-electron chi connectivity index (χ4n) is 4.06. The van der Waals surface area contributed by atoms with Crippen molar-refractivity contribution in [1.29, 1.82) is 0 Å². The molecular formula is C22H19ClF3NO4. The highest BCUT2D eigenvalue weighted by atomic mass is 35.5. The van der Waals surface area contributed by atoms with Gasteiger partial charge >= 0.3 is 12.1 Å². The molecule has 5 nitrogen and oxygen atoms in total. The van der Waals surface area contributed by atoms with Crippen LogP contribution in [0, 0.1) is 0 Å². The summed E-state index contributed by atoms with van der Waals surface area (Å²) in [5.41, 5.74) is -2.49. The van der Waals surface area contributed by atoms with Gasteiger partial charge in [-0.05, 0) is 38.6 Å². The van der Waals surface area contributed by atoms with E-state index in [-0.39, 0.29) is 16.9 Å². The van der Waals surface area contributed by atoms with Crippen molar-refractivity contribution >= 4 is 23.4 Å². The molecule has 1 saturated heterocycles. The Labute approximate surface area is 181 Å². The Morgan fingerprint density at radius 3 is 2.61 bits per heavy atom. The van der Waals surface area contributed by atoms with E-state index in [0.717, 1.165) is 12.1 Å². The number of fused-ring (bicyclic) bond motifs is 2. The zero-order chi connectivity index (χ0) is 22.6. The predicted octanol–water partition coefficient (Wildman–Crippen LogP) is 4.76. The molecule has 0 radical (unpaired) electrons. The van der Waals surface area contributed by atoms with Gasteiger partial charge in [-0.25, -0.2) is 4.79 Å². The topological polar surface area (TPSA) is 64.6 Å². The van der Waals surface area contributed by atoms with Crippen LogP contribution in [-0.2, 0) is 16.5 Å². The molecule has 1 fully saturated rings. The summed E-state index contributed by atoms with van der Waals surface area (Å²) in [4.78, 5) is 26.0. The summed E-state index contributed by atoms with van der Waals surface area (Å²) in [5.74, 6) is -1.31. The first-order valence-electron chi connectivity index (χ1n) is 9.63. The molecule has 9 heteroatoms. The number of ether oxygens (including phenoxy) is 2. The molecule has 0 saturated carbocycles. The third kappa shape index (κ3) is 3.68. The molecule has 0 bridgehead atoms. The van der Waals surface area contributed by atoms with Crippen LogP contribution in [0.3, 0.4) is 0 Å². The molecule has 2 aromatic rings. The van der Waals surface area contributed by atoms with Gasteiger partial charge in [-0.2, -0.15) is 13.2 Å². The number of hydrogen-bond acceptors (Lipinski definition) is 5. The van der Waals surface area contributed by atoms with E-state index >= 15 is 0 Å². The summed E-state index contributed by atoms with van der Waals surface area (Å²) in [6.45, 7) is 4.00. The fourth-order valence-corrected chi connectivity index (χ4v) is 4.29. The summed E-state index contributed by atoms with van der Waals surface area (Å²) in [6, 6.07) is 7.99. The zero-order valence-electron chi connectivity index (χ0n) is 16.7. The minimum absolute atomic E-state index is 0.112. The highest BCUT2D eigenvalue weighted by Gasteiger charge is 2.50. The van der Waals surface area contributed by atoms with Crippen LogP contribution in [0.4, 0.5) is 13.2 Å². The Morgan fingerprint density at radius 2 is 1.97 bits per heavy atom. The van der Waals surface area contributed by atoms with Gasteiger partial charge in [0.2, 0.25) is 5.78 Å². The van der Waals surface area contributed by atoms with Gasteiger partial charge in [0, 0.05) is 24.1 Å². The summed E-state index contributed by atoms with van der Waals surface area (Å²) in [7, 11) is 0. The van der Waals surface area contributed by atoms with Crippen molar-refractivity contribution in [3.8, 4) is 5.75 Å². The van der Waals surface area contributed by atoms with Crippen molar-refractivity contribution in [3.05, 3.63) is 63.7 Å². The number of rotatable bonds is 4. The van der Waals surface area contributed by atoms with Crippen LogP contribution < -0.4 is 10.1 Å². The standard InChI is InChI=1S/C22H19ClF3NO4/c1-20(2,30-12-6-7-16(23)15(10-12)22(24,25)26)18(28)13-4-3-5-14-17(13)19(29)31-21(14)8-9-27-11-21/h3-7,10,27H,8-9,11H2,1-2H3. The van der Waals surface area contributed by atoms with Crippen molar-refractivity contribution in [2.24, 2.45) is 0 Å². The van der Waals surface area contributed by atoms with Gasteiger partial charge in [0.15, 0.2) is 11.2 Å². The van der Waals surface area contributed by atoms with Gasteiger partial charge in [0.05, 0.1) is 16.1 Å². The van der Waals surface area contributed by atoms with E-state index in [1.807, 2.05) is 0 Å². The maximum absolute atomic E-state index is 13.3. The number of Topliss-reactive ketones (excluding diaryl/α,β-unsaturated/α-hetero) is 1. The predicted molar refractivity (Wildman–Crippen MR) is 107 cm³/mol.